The van der Waals surface area contributed by atoms with E-state index in [1.54, 1.807) is 12.4 Å². The maximum absolute atomic E-state index is 16.6. The zero-order valence-corrected chi connectivity index (χ0v) is 24.9. The number of aromatic nitrogens is 5. The number of nitrogens with zero attached hydrogens (tertiary/aromatic N) is 6. The maximum atomic E-state index is 16.6. The molecule has 0 spiro atoms. The average Bonchev–Trinajstić information content (AvgIpc) is 3.62. The van der Waals surface area contributed by atoms with Crippen molar-refractivity contribution < 1.29 is 13.5 Å². The molecule has 4 aromatic rings. The van der Waals surface area contributed by atoms with Crippen LogP contribution in [0.3, 0.4) is 0 Å². The number of ether oxygens (including phenoxy) is 1. The van der Waals surface area contributed by atoms with E-state index in [2.05, 4.69) is 49.4 Å². The highest BCUT2D eigenvalue weighted by Gasteiger charge is 2.49. The third kappa shape index (κ3) is 4.39. The second-order valence-corrected chi connectivity index (χ2v) is 12.8. The van der Waals surface area contributed by atoms with Crippen molar-refractivity contribution in [2.24, 2.45) is 0 Å². The molecule has 0 amide bonds. The quantitative estimate of drug-likeness (QED) is 0.275. The molecule has 9 nitrogen and oxygen atoms in total. The van der Waals surface area contributed by atoms with Gasteiger partial charge in [-0.3, -0.25) is 15.0 Å². The number of nitrogens with one attached hydrogen (secondary N) is 2. The van der Waals surface area contributed by atoms with Gasteiger partial charge in [0.25, 0.3) is 0 Å². The van der Waals surface area contributed by atoms with E-state index in [-0.39, 0.29) is 34.9 Å². The molecule has 2 atom stereocenters. The van der Waals surface area contributed by atoms with Gasteiger partial charge in [0.1, 0.15) is 29.8 Å². The lowest BCUT2D eigenvalue weighted by Gasteiger charge is -2.47. The standard InChI is InChI=1S/C30H35ClF2N8O/c1-17-10-21-19(13-36-39-21)22(23(17)31)26-24(33)25-20(12-34-26)27(35-15-29(40(2)3)6-4-7-29)38-28(37-25)42-16-30-8-5-9-41(30)14-18(32)11-30/h10,12-13,18H,4-9,11,14-16H2,1-3H3,(H,36,39)(H,35,37,38)/t18-,30+/m1/s1. The first-order valence-electron chi connectivity index (χ1n) is 14.6. The highest BCUT2D eigenvalue weighted by molar-refractivity contribution is 6.35. The molecule has 3 aromatic heterocycles. The van der Waals surface area contributed by atoms with E-state index in [1.165, 1.54) is 0 Å². The summed E-state index contributed by atoms with van der Waals surface area (Å²) in [6.07, 6.45) is 7.89. The lowest BCUT2D eigenvalue weighted by molar-refractivity contribution is 0.0738. The summed E-state index contributed by atoms with van der Waals surface area (Å²) in [5.74, 6) is -0.158. The topological polar surface area (TPSA) is 95.1 Å². The Morgan fingerprint density at radius 1 is 1.19 bits per heavy atom. The lowest BCUT2D eigenvalue weighted by atomic mass is 9.75. The molecule has 3 fully saturated rings. The van der Waals surface area contributed by atoms with Gasteiger partial charge in [0, 0.05) is 42.2 Å². The number of pyridine rings is 1. The van der Waals surface area contributed by atoms with Crippen LogP contribution >= 0.6 is 11.6 Å². The number of hydrogen-bond donors (Lipinski definition) is 2. The van der Waals surface area contributed by atoms with Gasteiger partial charge in [-0.15, -0.1) is 0 Å². The number of fused-ring (bicyclic) bond motifs is 3. The van der Waals surface area contributed by atoms with Crippen LogP contribution in [0.2, 0.25) is 5.02 Å². The fourth-order valence-corrected chi connectivity index (χ4v) is 7.35. The van der Waals surface area contributed by atoms with Gasteiger partial charge in [0.2, 0.25) is 0 Å². The van der Waals surface area contributed by atoms with Crippen molar-refractivity contribution in [2.75, 3.05) is 45.7 Å². The molecule has 1 saturated carbocycles. The van der Waals surface area contributed by atoms with Crippen LogP contribution in [0.1, 0.15) is 44.1 Å². The zero-order chi connectivity index (χ0) is 29.2. The van der Waals surface area contributed by atoms with E-state index in [1.807, 2.05) is 13.0 Å². The van der Waals surface area contributed by atoms with E-state index < -0.39 is 12.0 Å². The summed E-state index contributed by atoms with van der Waals surface area (Å²) in [7, 11) is 4.16. The van der Waals surface area contributed by atoms with Crippen molar-refractivity contribution in [3.63, 3.8) is 0 Å². The monoisotopic (exact) mass is 596 g/mol. The molecule has 2 saturated heterocycles. The predicted molar refractivity (Wildman–Crippen MR) is 159 cm³/mol. The summed E-state index contributed by atoms with van der Waals surface area (Å²) in [4.78, 5) is 18.2. The molecule has 2 aliphatic heterocycles. The lowest BCUT2D eigenvalue weighted by Crippen LogP contribution is -2.54. The highest BCUT2D eigenvalue weighted by atomic mass is 35.5. The van der Waals surface area contributed by atoms with Crippen molar-refractivity contribution in [2.45, 2.75) is 62.7 Å². The minimum absolute atomic E-state index is 0.00448. The van der Waals surface area contributed by atoms with E-state index >= 15 is 4.39 Å². The van der Waals surface area contributed by atoms with E-state index in [0.29, 0.717) is 46.7 Å². The highest BCUT2D eigenvalue weighted by Crippen LogP contribution is 2.42. The number of benzene rings is 1. The molecular weight excluding hydrogens is 562 g/mol. The number of aryl methyl sites for hydroxylation is 1. The fourth-order valence-electron chi connectivity index (χ4n) is 7.11. The van der Waals surface area contributed by atoms with Gasteiger partial charge in [0.15, 0.2) is 5.82 Å². The Morgan fingerprint density at radius 3 is 2.79 bits per heavy atom. The minimum Gasteiger partial charge on any atom is -0.461 e. The minimum atomic E-state index is -0.877. The summed E-state index contributed by atoms with van der Waals surface area (Å²) < 4.78 is 37.2. The van der Waals surface area contributed by atoms with Gasteiger partial charge >= 0.3 is 6.01 Å². The number of hydrogen-bond acceptors (Lipinski definition) is 8. The molecule has 2 N–H and O–H groups in total. The van der Waals surface area contributed by atoms with Crippen molar-refractivity contribution in [1.82, 2.24) is 34.9 Å². The molecule has 3 aliphatic rings. The Labute approximate surface area is 248 Å². The molecule has 7 rings (SSSR count). The molecule has 5 heterocycles. The molecule has 0 radical (unpaired) electrons. The first-order chi connectivity index (χ1) is 20.2. The molecular formula is C30H35ClF2N8O. The van der Waals surface area contributed by atoms with Crippen molar-refractivity contribution in [3.8, 4) is 17.3 Å². The Morgan fingerprint density at radius 2 is 2.02 bits per heavy atom. The van der Waals surface area contributed by atoms with Gasteiger partial charge in [-0.2, -0.15) is 15.1 Å². The molecule has 222 valence electrons. The third-order valence-corrected chi connectivity index (χ3v) is 10.3. The van der Waals surface area contributed by atoms with Crippen LogP contribution in [0.5, 0.6) is 6.01 Å². The number of H-pyrrole nitrogens is 1. The summed E-state index contributed by atoms with van der Waals surface area (Å²) in [5.41, 5.74) is 1.75. The number of rotatable bonds is 8. The SMILES string of the molecule is Cc1cc2[nH]ncc2c(-c2ncc3c(NCC4(N(C)C)CCC4)nc(OC[C@@]45CCCN4C[C@H](F)C5)nc3c2F)c1Cl. The Kier molecular flexibility index (Phi) is 6.75. The van der Waals surface area contributed by atoms with Crippen LogP contribution in [0.25, 0.3) is 33.1 Å². The van der Waals surface area contributed by atoms with Crippen molar-refractivity contribution >= 4 is 39.2 Å². The summed E-state index contributed by atoms with van der Waals surface area (Å²) in [6.45, 7) is 4.02. The largest absolute Gasteiger partial charge is 0.461 e. The van der Waals surface area contributed by atoms with E-state index in [9.17, 15) is 4.39 Å². The van der Waals surface area contributed by atoms with E-state index in [0.717, 1.165) is 49.7 Å². The third-order valence-electron chi connectivity index (χ3n) is 9.81. The Bertz CT molecular complexity index is 1670. The Balaban J connectivity index is 1.31. The maximum Gasteiger partial charge on any atom is 0.319 e. The molecule has 1 aliphatic carbocycles. The number of halogens is 3. The van der Waals surface area contributed by atoms with Crippen LogP contribution in [0.15, 0.2) is 18.5 Å². The van der Waals surface area contributed by atoms with Crippen LogP contribution in [0, 0.1) is 12.7 Å². The molecule has 1 aromatic carbocycles. The molecule has 42 heavy (non-hydrogen) atoms. The fraction of sp³-hybridized carbons (Fsp3) is 0.533. The number of aromatic amines is 1. The van der Waals surface area contributed by atoms with Crippen molar-refractivity contribution in [3.05, 3.63) is 34.9 Å². The molecule has 0 unspecified atom stereocenters. The predicted octanol–water partition coefficient (Wildman–Crippen LogP) is 5.52. The summed E-state index contributed by atoms with van der Waals surface area (Å²) in [5, 5.41) is 12.1. The normalized spacial score (nSPS) is 23.5. The smallest absolute Gasteiger partial charge is 0.319 e. The van der Waals surface area contributed by atoms with Gasteiger partial charge in [0.05, 0.1) is 27.7 Å². The second kappa shape index (κ2) is 10.2. The number of anilines is 1. The number of likely N-dealkylation sites (N-methyl/N-ethyl adjacent to an activating group) is 1. The van der Waals surface area contributed by atoms with Crippen LogP contribution < -0.4 is 10.1 Å². The summed E-state index contributed by atoms with van der Waals surface area (Å²) in [6, 6.07) is 1.93. The van der Waals surface area contributed by atoms with Gasteiger partial charge in [-0.25, -0.2) is 8.78 Å². The second-order valence-electron chi connectivity index (χ2n) is 12.4. The van der Waals surface area contributed by atoms with Crippen LogP contribution in [0.4, 0.5) is 14.6 Å². The average molecular weight is 597 g/mol. The first-order valence-corrected chi connectivity index (χ1v) is 15.0. The van der Waals surface area contributed by atoms with E-state index in [4.69, 9.17) is 21.3 Å². The molecule has 0 bridgehead atoms. The zero-order valence-electron chi connectivity index (χ0n) is 24.1. The van der Waals surface area contributed by atoms with Crippen LogP contribution in [-0.4, -0.2) is 92.5 Å². The van der Waals surface area contributed by atoms with Gasteiger partial charge < -0.3 is 15.0 Å². The van der Waals surface area contributed by atoms with Gasteiger partial charge in [-0.1, -0.05) is 11.6 Å². The molecule has 12 heteroatoms. The number of alkyl halides is 1. The van der Waals surface area contributed by atoms with Crippen molar-refractivity contribution in [1.29, 1.82) is 0 Å². The van der Waals surface area contributed by atoms with Crippen LogP contribution in [-0.2, 0) is 0 Å². The van der Waals surface area contributed by atoms with Gasteiger partial charge in [-0.05, 0) is 71.3 Å². The Hall–Kier alpha value is -3.15. The first kappa shape index (κ1) is 27.7. The summed E-state index contributed by atoms with van der Waals surface area (Å²) >= 11 is 6.73.